The van der Waals surface area contributed by atoms with Crippen molar-refractivity contribution < 1.29 is 14.3 Å². The van der Waals surface area contributed by atoms with E-state index in [-0.39, 0.29) is 17.9 Å². The number of aryl methyl sites for hydroxylation is 1. The predicted octanol–water partition coefficient (Wildman–Crippen LogP) is 4.84. The van der Waals surface area contributed by atoms with Crippen molar-refractivity contribution in [2.24, 2.45) is 0 Å². The standard InChI is InChI=1S/C22H29NO3/c1-14(2)19-12-20(16(5)10-21(19)25-6)22(24)23-13-17-8-7-9-18(11-17)26-15(3)4/h7-12,14-15H,13H2,1-6H3,(H,23,24). The molecular formula is C22H29NO3. The summed E-state index contributed by atoms with van der Waals surface area (Å²) in [6, 6.07) is 11.7. The van der Waals surface area contributed by atoms with Gasteiger partial charge in [0.15, 0.2) is 0 Å². The quantitative estimate of drug-likeness (QED) is 0.773. The van der Waals surface area contributed by atoms with E-state index in [4.69, 9.17) is 9.47 Å². The second kappa shape index (κ2) is 8.75. The third-order valence-corrected chi connectivity index (χ3v) is 4.17. The molecule has 26 heavy (non-hydrogen) atoms. The third kappa shape index (κ3) is 5.01. The van der Waals surface area contributed by atoms with Crippen molar-refractivity contribution in [2.75, 3.05) is 7.11 Å². The van der Waals surface area contributed by atoms with Crippen LogP contribution in [0.3, 0.4) is 0 Å². The van der Waals surface area contributed by atoms with Crippen LogP contribution in [0.2, 0.25) is 0 Å². The Kier molecular flexibility index (Phi) is 6.67. The lowest BCUT2D eigenvalue weighted by molar-refractivity contribution is 0.0950. The van der Waals surface area contributed by atoms with Crippen LogP contribution >= 0.6 is 0 Å². The highest BCUT2D eigenvalue weighted by molar-refractivity contribution is 5.96. The molecule has 0 saturated heterocycles. The number of rotatable bonds is 7. The smallest absolute Gasteiger partial charge is 0.251 e. The number of carbonyl (C=O) groups is 1. The number of nitrogens with one attached hydrogen (secondary N) is 1. The molecule has 2 aromatic carbocycles. The normalized spacial score (nSPS) is 10.9. The summed E-state index contributed by atoms with van der Waals surface area (Å²) in [5.74, 6) is 1.84. The van der Waals surface area contributed by atoms with Gasteiger partial charge in [-0.05, 0) is 67.6 Å². The fourth-order valence-corrected chi connectivity index (χ4v) is 2.85. The number of hydrogen-bond acceptors (Lipinski definition) is 3. The van der Waals surface area contributed by atoms with Gasteiger partial charge in [0, 0.05) is 12.1 Å². The lowest BCUT2D eigenvalue weighted by Gasteiger charge is -2.16. The fraction of sp³-hybridized carbons (Fsp3) is 0.409. The molecule has 0 aliphatic carbocycles. The third-order valence-electron chi connectivity index (χ3n) is 4.17. The van der Waals surface area contributed by atoms with Crippen LogP contribution in [0.5, 0.6) is 11.5 Å². The van der Waals surface area contributed by atoms with E-state index < -0.39 is 0 Å². The lowest BCUT2D eigenvalue weighted by atomic mass is 9.96. The summed E-state index contributed by atoms with van der Waals surface area (Å²) in [7, 11) is 1.66. The Hall–Kier alpha value is -2.49. The molecule has 0 spiro atoms. The Morgan fingerprint density at radius 1 is 1.12 bits per heavy atom. The molecule has 0 aliphatic rings. The van der Waals surface area contributed by atoms with Gasteiger partial charge in [0.05, 0.1) is 13.2 Å². The summed E-state index contributed by atoms with van der Waals surface area (Å²) in [6.45, 7) is 10.6. The summed E-state index contributed by atoms with van der Waals surface area (Å²) in [4.78, 5) is 12.7. The van der Waals surface area contributed by atoms with Crippen molar-refractivity contribution in [2.45, 2.75) is 53.2 Å². The van der Waals surface area contributed by atoms with Crippen molar-refractivity contribution >= 4 is 5.91 Å². The number of carbonyl (C=O) groups excluding carboxylic acids is 1. The molecule has 0 atom stereocenters. The number of methoxy groups -OCH3 is 1. The van der Waals surface area contributed by atoms with Crippen LogP contribution in [0.4, 0.5) is 0 Å². The fourth-order valence-electron chi connectivity index (χ4n) is 2.85. The number of benzene rings is 2. The Balaban J connectivity index is 2.14. The molecule has 0 radical (unpaired) electrons. The number of ether oxygens (including phenoxy) is 2. The van der Waals surface area contributed by atoms with E-state index in [0.29, 0.717) is 12.1 Å². The largest absolute Gasteiger partial charge is 0.496 e. The van der Waals surface area contributed by atoms with Gasteiger partial charge in [-0.25, -0.2) is 0 Å². The molecule has 0 fully saturated rings. The maximum Gasteiger partial charge on any atom is 0.251 e. The van der Waals surface area contributed by atoms with Crippen molar-refractivity contribution in [3.8, 4) is 11.5 Å². The van der Waals surface area contributed by atoms with Gasteiger partial charge >= 0.3 is 0 Å². The van der Waals surface area contributed by atoms with E-state index in [0.717, 1.165) is 28.2 Å². The van der Waals surface area contributed by atoms with Crippen LogP contribution in [-0.4, -0.2) is 19.1 Å². The minimum absolute atomic E-state index is 0.0813. The highest BCUT2D eigenvalue weighted by Crippen LogP contribution is 2.29. The van der Waals surface area contributed by atoms with Crippen molar-refractivity contribution in [3.63, 3.8) is 0 Å². The molecule has 4 heteroatoms. The average molecular weight is 355 g/mol. The zero-order chi connectivity index (χ0) is 19.3. The van der Waals surface area contributed by atoms with Gasteiger partial charge in [-0.15, -0.1) is 0 Å². The van der Waals surface area contributed by atoms with Gasteiger partial charge in [-0.3, -0.25) is 4.79 Å². The molecule has 0 bridgehead atoms. The lowest BCUT2D eigenvalue weighted by Crippen LogP contribution is -2.24. The first-order chi connectivity index (χ1) is 12.3. The summed E-state index contributed by atoms with van der Waals surface area (Å²) in [6.07, 6.45) is 0.122. The van der Waals surface area contributed by atoms with Crippen molar-refractivity contribution in [1.82, 2.24) is 5.32 Å². The van der Waals surface area contributed by atoms with Gasteiger partial charge in [0.1, 0.15) is 11.5 Å². The Morgan fingerprint density at radius 2 is 1.85 bits per heavy atom. The van der Waals surface area contributed by atoms with Crippen LogP contribution in [0, 0.1) is 6.92 Å². The van der Waals surface area contributed by atoms with Crippen LogP contribution < -0.4 is 14.8 Å². The van der Waals surface area contributed by atoms with Crippen molar-refractivity contribution in [1.29, 1.82) is 0 Å². The Bertz CT molecular complexity index is 766. The van der Waals surface area contributed by atoms with Gasteiger partial charge in [-0.2, -0.15) is 0 Å². The topological polar surface area (TPSA) is 47.6 Å². The van der Waals surface area contributed by atoms with Gasteiger partial charge < -0.3 is 14.8 Å². The SMILES string of the molecule is COc1cc(C)c(C(=O)NCc2cccc(OC(C)C)c2)cc1C(C)C. The average Bonchev–Trinajstić information content (AvgIpc) is 2.58. The molecule has 0 unspecified atom stereocenters. The van der Waals surface area contributed by atoms with Crippen LogP contribution in [-0.2, 0) is 6.54 Å². The molecule has 2 rings (SSSR count). The Morgan fingerprint density at radius 3 is 2.46 bits per heavy atom. The predicted molar refractivity (Wildman–Crippen MR) is 105 cm³/mol. The molecule has 0 aromatic heterocycles. The van der Waals surface area contributed by atoms with Crippen LogP contribution in [0.15, 0.2) is 36.4 Å². The summed E-state index contributed by atoms with van der Waals surface area (Å²) in [5.41, 5.74) is 3.63. The van der Waals surface area contributed by atoms with Crippen molar-refractivity contribution in [3.05, 3.63) is 58.7 Å². The zero-order valence-corrected chi connectivity index (χ0v) is 16.6. The molecular weight excluding hydrogens is 326 g/mol. The molecule has 2 aromatic rings. The molecule has 1 N–H and O–H groups in total. The zero-order valence-electron chi connectivity index (χ0n) is 16.6. The van der Waals surface area contributed by atoms with E-state index in [1.54, 1.807) is 7.11 Å². The number of hydrogen-bond donors (Lipinski definition) is 1. The second-order valence-electron chi connectivity index (χ2n) is 7.06. The molecule has 0 heterocycles. The van der Waals surface area contributed by atoms with E-state index >= 15 is 0 Å². The van der Waals surface area contributed by atoms with E-state index in [1.165, 1.54) is 0 Å². The molecule has 0 aliphatic heterocycles. The Labute approximate surface area is 156 Å². The molecule has 140 valence electrons. The highest BCUT2D eigenvalue weighted by Gasteiger charge is 2.15. The highest BCUT2D eigenvalue weighted by atomic mass is 16.5. The van der Waals surface area contributed by atoms with E-state index in [1.807, 2.05) is 57.2 Å². The minimum atomic E-state index is -0.0813. The summed E-state index contributed by atoms with van der Waals surface area (Å²) in [5, 5.41) is 3.00. The maximum atomic E-state index is 12.7. The van der Waals surface area contributed by atoms with E-state index in [2.05, 4.69) is 19.2 Å². The van der Waals surface area contributed by atoms with Crippen LogP contribution in [0.25, 0.3) is 0 Å². The number of amides is 1. The molecule has 1 amide bonds. The van der Waals surface area contributed by atoms with Gasteiger partial charge in [-0.1, -0.05) is 26.0 Å². The van der Waals surface area contributed by atoms with Gasteiger partial charge in [0.2, 0.25) is 0 Å². The summed E-state index contributed by atoms with van der Waals surface area (Å²) >= 11 is 0. The van der Waals surface area contributed by atoms with Gasteiger partial charge in [0.25, 0.3) is 5.91 Å². The monoisotopic (exact) mass is 355 g/mol. The minimum Gasteiger partial charge on any atom is -0.496 e. The van der Waals surface area contributed by atoms with E-state index in [9.17, 15) is 4.79 Å². The first-order valence-electron chi connectivity index (χ1n) is 9.04. The first-order valence-corrected chi connectivity index (χ1v) is 9.04. The van der Waals surface area contributed by atoms with Crippen LogP contribution in [0.1, 0.15) is 60.7 Å². The second-order valence-corrected chi connectivity index (χ2v) is 7.06. The maximum absolute atomic E-state index is 12.7. The first kappa shape index (κ1) is 19.8. The molecule has 0 saturated carbocycles. The molecule has 4 nitrogen and oxygen atoms in total. The summed E-state index contributed by atoms with van der Waals surface area (Å²) < 4.78 is 11.2.